The highest BCUT2D eigenvalue weighted by Gasteiger charge is 2.14. The number of amides is 1. The van der Waals surface area contributed by atoms with Crippen molar-refractivity contribution in [2.24, 2.45) is 0 Å². The maximum atomic E-state index is 12.1. The van der Waals surface area contributed by atoms with Crippen LogP contribution in [0.5, 0.6) is 0 Å². The minimum Gasteiger partial charge on any atom is -0.399 e. The molecule has 0 aliphatic heterocycles. The molecule has 1 heterocycles. The fraction of sp³-hybridized carbons (Fsp3) is 0.143. The third-order valence-electron chi connectivity index (χ3n) is 2.49. The van der Waals surface area contributed by atoms with Gasteiger partial charge in [0.25, 0.3) is 5.91 Å². The molecule has 0 atom stereocenters. The minimum atomic E-state index is -0.0431. The zero-order chi connectivity index (χ0) is 13.8. The summed E-state index contributed by atoms with van der Waals surface area (Å²) in [5, 5.41) is 0.834. The van der Waals surface area contributed by atoms with Gasteiger partial charge in [-0.05, 0) is 30.3 Å². The number of carbonyl (C=O) groups excluding carboxylic acids is 1. The van der Waals surface area contributed by atoms with Crippen LogP contribution in [0.1, 0.15) is 10.4 Å². The van der Waals surface area contributed by atoms with E-state index < -0.39 is 0 Å². The third-order valence-corrected chi connectivity index (χ3v) is 3.50. The summed E-state index contributed by atoms with van der Waals surface area (Å²) in [7, 11) is 3.46. The van der Waals surface area contributed by atoms with E-state index in [0.717, 1.165) is 9.92 Å². The fourth-order valence-electron chi connectivity index (χ4n) is 1.56. The van der Waals surface area contributed by atoms with Crippen molar-refractivity contribution < 1.29 is 4.79 Å². The largest absolute Gasteiger partial charge is 0.399 e. The number of pyridine rings is 1. The lowest BCUT2D eigenvalue weighted by atomic mass is 10.2. The van der Waals surface area contributed by atoms with Crippen molar-refractivity contribution in [1.82, 2.24) is 9.88 Å². The van der Waals surface area contributed by atoms with Crippen LogP contribution in [0.25, 0.3) is 0 Å². The molecule has 0 radical (unpaired) electrons. The van der Waals surface area contributed by atoms with E-state index in [2.05, 4.69) is 4.98 Å². The van der Waals surface area contributed by atoms with E-state index in [1.54, 1.807) is 43.4 Å². The predicted octanol–water partition coefficient (Wildman–Crippen LogP) is 2.52. The molecule has 5 heteroatoms. The van der Waals surface area contributed by atoms with Gasteiger partial charge in [0.1, 0.15) is 5.03 Å². The number of benzene rings is 1. The van der Waals surface area contributed by atoms with Crippen LogP contribution < -0.4 is 5.73 Å². The third kappa shape index (κ3) is 3.26. The summed E-state index contributed by atoms with van der Waals surface area (Å²) >= 11 is 1.44. The van der Waals surface area contributed by atoms with Crippen LogP contribution >= 0.6 is 11.8 Å². The first kappa shape index (κ1) is 13.4. The highest BCUT2D eigenvalue weighted by Crippen LogP contribution is 2.31. The van der Waals surface area contributed by atoms with Crippen molar-refractivity contribution in [1.29, 1.82) is 0 Å². The van der Waals surface area contributed by atoms with E-state index in [9.17, 15) is 4.79 Å². The van der Waals surface area contributed by atoms with Gasteiger partial charge >= 0.3 is 0 Å². The molecule has 0 aliphatic rings. The summed E-state index contributed by atoms with van der Waals surface area (Å²) in [6.07, 6.45) is 1.72. The number of nitrogens with two attached hydrogens (primary N) is 1. The second-order valence-corrected chi connectivity index (χ2v) is 5.29. The molecule has 1 aromatic heterocycles. The second kappa shape index (κ2) is 5.75. The molecule has 0 saturated heterocycles. The molecule has 2 N–H and O–H groups in total. The first-order chi connectivity index (χ1) is 9.08. The second-order valence-electron chi connectivity index (χ2n) is 4.23. The Hall–Kier alpha value is -2.01. The Bertz CT molecular complexity index is 584. The average molecular weight is 273 g/mol. The monoisotopic (exact) mass is 273 g/mol. The van der Waals surface area contributed by atoms with Crippen LogP contribution in [-0.2, 0) is 0 Å². The number of rotatable bonds is 3. The highest BCUT2D eigenvalue weighted by atomic mass is 32.2. The number of anilines is 1. The number of carbonyl (C=O) groups is 1. The van der Waals surface area contributed by atoms with E-state index in [1.807, 2.05) is 18.2 Å². The van der Waals surface area contributed by atoms with E-state index in [-0.39, 0.29) is 5.91 Å². The normalized spacial score (nSPS) is 10.2. The number of nitrogens with zero attached hydrogens (tertiary/aromatic N) is 2. The first-order valence-electron chi connectivity index (χ1n) is 5.78. The zero-order valence-electron chi connectivity index (χ0n) is 10.8. The average Bonchev–Trinajstić information content (AvgIpc) is 2.39. The molecule has 4 nitrogen and oxygen atoms in total. The quantitative estimate of drug-likeness (QED) is 0.873. The van der Waals surface area contributed by atoms with E-state index in [4.69, 9.17) is 5.73 Å². The molecular weight excluding hydrogens is 258 g/mol. The number of nitrogen functional groups attached to an aromatic ring is 1. The van der Waals surface area contributed by atoms with Gasteiger partial charge < -0.3 is 10.6 Å². The van der Waals surface area contributed by atoms with Crippen LogP contribution in [0, 0.1) is 0 Å². The lowest BCUT2D eigenvalue weighted by Crippen LogP contribution is -2.22. The molecule has 0 bridgehead atoms. The van der Waals surface area contributed by atoms with Crippen LogP contribution in [0.3, 0.4) is 0 Å². The van der Waals surface area contributed by atoms with E-state index >= 15 is 0 Å². The van der Waals surface area contributed by atoms with Crippen LogP contribution in [0.15, 0.2) is 52.5 Å². The Morgan fingerprint density at radius 3 is 2.68 bits per heavy atom. The molecule has 0 spiro atoms. The first-order valence-corrected chi connectivity index (χ1v) is 6.59. The molecule has 2 aromatic rings. The SMILES string of the molecule is CN(C)C(=O)c1ccc(N)cc1Sc1ccccn1. The van der Waals surface area contributed by atoms with Crippen molar-refractivity contribution in [3.05, 3.63) is 48.2 Å². The summed E-state index contributed by atoms with van der Waals surface area (Å²) in [6.45, 7) is 0. The summed E-state index contributed by atoms with van der Waals surface area (Å²) in [5.41, 5.74) is 7.07. The molecule has 98 valence electrons. The van der Waals surface area contributed by atoms with Crippen LogP contribution in [0.4, 0.5) is 5.69 Å². The Kier molecular flexibility index (Phi) is 4.06. The summed E-state index contributed by atoms with van der Waals surface area (Å²) in [6, 6.07) is 11.0. The number of aromatic nitrogens is 1. The summed E-state index contributed by atoms with van der Waals surface area (Å²) in [4.78, 5) is 18.7. The summed E-state index contributed by atoms with van der Waals surface area (Å²) in [5.74, 6) is -0.0431. The molecule has 0 saturated carbocycles. The topological polar surface area (TPSA) is 59.2 Å². The Balaban J connectivity index is 2.38. The Labute approximate surface area is 116 Å². The van der Waals surface area contributed by atoms with Gasteiger partial charge in [-0.3, -0.25) is 4.79 Å². The van der Waals surface area contributed by atoms with Gasteiger partial charge in [0, 0.05) is 30.9 Å². The molecule has 0 aliphatic carbocycles. The smallest absolute Gasteiger partial charge is 0.254 e. The van der Waals surface area contributed by atoms with E-state index in [0.29, 0.717) is 11.3 Å². The minimum absolute atomic E-state index is 0.0431. The molecule has 0 fully saturated rings. The predicted molar refractivity (Wildman–Crippen MR) is 77.2 cm³/mol. The van der Waals surface area contributed by atoms with Gasteiger partial charge in [-0.15, -0.1) is 0 Å². The number of hydrogen-bond acceptors (Lipinski definition) is 4. The van der Waals surface area contributed by atoms with Gasteiger partial charge in [0.05, 0.1) is 5.56 Å². The maximum Gasteiger partial charge on any atom is 0.254 e. The maximum absolute atomic E-state index is 12.1. The molecule has 1 amide bonds. The zero-order valence-corrected chi connectivity index (χ0v) is 11.6. The molecule has 0 unspecified atom stereocenters. The molecular formula is C14H15N3OS. The van der Waals surface area contributed by atoms with Gasteiger partial charge in [-0.25, -0.2) is 4.98 Å². The number of hydrogen-bond donors (Lipinski definition) is 1. The lowest BCUT2D eigenvalue weighted by molar-refractivity contribution is 0.0824. The van der Waals surface area contributed by atoms with Gasteiger partial charge in [0.2, 0.25) is 0 Å². The highest BCUT2D eigenvalue weighted by molar-refractivity contribution is 7.99. The van der Waals surface area contributed by atoms with Crippen molar-refractivity contribution >= 4 is 23.4 Å². The van der Waals surface area contributed by atoms with Gasteiger partial charge in [-0.1, -0.05) is 17.8 Å². The van der Waals surface area contributed by atoms with Gasteiger partial charge in [-0.2, -0.15) is 0 Å². The van der Waals surface area contributed by atoms with Gasteiger partial charge in [0.15, 0.2) is 0 Å². The fourth-order valence-corrected chi connectivity index (χ4v) is 2.51. The van der Waals surface area contributed by atoms with Crippen molar-refractivity contribution in [2.45, 2.75) is 9.92 Å². The Morgan fingerprint density at radius 1 is 1.26 bits per heavy atom. The van der Waals surface area contributed by atoms with Crippen LogP contribution in [0.2, 0.25) is 0 Å². The lowest BCUT2D eigenvalue weighted by Gasteiger charge is -2.14. The molecule has 2 rings (SSSR count). The van der Waals surface area contributed by atoms with Crippen molar-refractivity contribution in [3.63, 3.8) is 0 Å². The van der Waals surface area contributed by atoms with Crippen molar-refractivity contribution in [2.75, 3.05) is 19.8 Å². The standard InChI is InChI=1S/C14H15N3OS/c1-17(2)14(18)11-7-6-10(15)9-12(11)19-13-5-3-4-8-16-13/h3-9H,15H2,1-2H3. The molecule has 1 aromatic carbocycles. The molecule has 19 heavy (non-hydrogen) atoms. The van der Waals surface area contributed by atoms with Crippen molar-refractivity contribution in [3.8, 4) is 0 Å². The van der Waals surface area contributed by atoms with Crippen LogP contribution in [-0.4, -0.2) is 29.9 Å². The van der Waals surface area contributed by atoms with E-state index in [1.165, 1.54) is 11.8 Å². The summed E-state index contributed by atoms with van der Waals surface area (Å²) < 4.78 is 0. The Morgan fingerprint density at radius 2 is 2.05 bits per heavy atom.